The number of benzene rings is 1. The molecule has 1 unspecified atom stereocenters. The molecule has 0 saturated heterocycles. The molecule has 0 aliphatic carbocycles. The van der Waals surface area contributed by atoms with Crippen LogP contribution in [0.4, 0.5) is 4.39 Å². The number of imidazole rings is 1. The van der Waals surface area contributed by atoms with Gasteiger partial charge in [-0.15, -0.1) is 0 Å². The largest absolute Gasteiger partial charge is 0.349 e. The van der Waals surface area contributed by atoms with Gasteiger partial charge in [-0.25, -0.2) is 9.37 Å². The van der Waals surface area contributed by atoms with Crippen LogP contribution < -0.4 is 5.32 Å². The number of aromatic nitrogens is 2. The van der Waals surface area contributed by atoms with Crippen LogP contribution in [0, 0.1) is 5.82 Å². The molecule has 0 spiro atoms. The molecule has 0 bridgehead atoms. The van der Waals surface area contributed by atoms with Gasteiger partial charge in [0.25, 0.3) is 0 Å². The summed E-state index contributed by atoms with van der Waals surface area (Å²) in [5.41, 5.74) is 1.07. The highest BCUT2D eigenvalue weighted by atomic mass is 79.9. The minimum Gasteiger partial charge on any atom is -0.349 e. The Bertz CT molecular complexity index is 513. The van der Waals surface area contributed by atoms with Crippen LogP contribution >= 0.6 is 15.9 Å². The third-order valence-corrected chi connectivity index (χ3v) is 3.71. The van der Waals surface area contributed by atoms with Gasteiger partial charge in [0.2, 0.25) is 0 Å². The first-order chi connectivity index (χ1) is 9.16. The molecule has 5 heteroatoms. The molecule has 0 radical (unpaired) electrons. The maximum atomic E-state index is 13.0. The SMILES string of the molecule is CC(NCCCc1ncc[nH]1)c1ccc(F)cc1Br. The second kappa shape index (κ2) is 6.82. The fraction of sp³-hybridized carbons (Fsp3) is 0.357. The molecule has 2 N–H and O–H groups in total. The van der Waals surface area contributed by atoms with Crippen LogP contribution in [-0.2, 0) is 6.42 Å². The molecule has 0 saturated carbocycles. The predicted molar refractivity (Wildman–Crippen MR) is 77.4 cm³/mol. The first-order valence-corrected chi connectivity index (χ1v) is 7.12. The summed E-state index contributed by atoms with van der Waals surface area (Å²) in [5, 5.41) is 3.43. The average molecular weight is 326 g/mol. The lowest BCUT2D eigenvalue weighted by atomic mass is 10.1. The van der Waals surface area contributed by atoms with Crippen LogP contribution in [0.15, 0.2) is 35.1 Å². The molecule has 2 aromatic rings. The van der Waals surface area contributed by atoms with E-state index in [1.165, 1.54) is 12.1 Å². The average Bonchev–Trinajstić information content (AvgIpc) is 2.87. The topological polar surface area (TPSA) is 40.7 Å². The van der Waals surface area contributed by atoms with E-state index in [-0.39, 0.29) is 11.9 Å². The highest BCUT2D eigenvalue weighted by Gasteiger charge is 2.09. The summed E-state index contributed by atoms with van der Waals surface area (Å²) in [5.74, 6) is 0.790. The highest BCUT2D eigenvalue weighted by molar-refractivity contribution is 9.10. The summed E-state index contributed by atoms with van der Waals surface area (Å²) in [4.78, 5) is 7.27. The number of aromatic amines is 1. The van der Waals surface area contributed by atoms with Crippen LogP contribution in [0.5, 0.6) is 0 Å². The van der Waals surface area contributed by atoms with Crippen LogP contribution in [0.2, 0.25) is 0 Å². The highest BCUT2D eigenvalue weighted by Crippen LogP contribution is 2.24. The molecule has 2 rings (SSSR count). The van der Waals surface area contributed by atoms with Crippen LogP contribution in [0.25, 0.3) is 0 Å². The molecule has 1 heterocycles. The van der Waals surface area contributed by atoms with Gasteiger partial charge in [-0.05, 0) is 37.6 Å². The van der Waals surface area contributed by atoms with E-state index in [1.54, 1.807) is 6.20 Å². The Morgan fingerprint density at radius 3 is 3.00 bits per heavy atom. The zero-order valence-corrected chi connectivity index (χ0v) is 12.4. The quantitative estimate of drug-likeness (QED) is 0.797. The van der Waals surface area contributed by atoms with Gasteiger partial charge in [-0.2, -0.15) is 0 Å². The van der Waals surface area contributed by atoms with Gasteiger partial charge in [0.05, 0.1) is 0 Å². The minimum atomic E-state index is -0.222. The molecule has 1 aromatic carbocycles. The molecular formula is C14H17BrFN3. The van der Waals surface area contributed by atoms with Gasteiger partial charge in [0, 0.05) is 29.3 Å². The molecular weight excluding hydrogens is 309 g/mol. The predicted octanol–water partition coefficient (Wildman–Crippen LogP) is 3.59. The summed E-state index contributed by atoms with van der Waals surface area (Å²) in [6.45, 7) is 2.97. The summed E-state index contributed by atoms with van der Waals surface area (Å²) in [7, 11) is 0. The lowest BCUT2D eigenvalue weighted by Crippen LogP contribution is -2.20. The molecule has 0 aliphatic rings. The van der Waals surface area contributed by atoms with E-state index in [1.807, 2.05) is 12.3 Å². The van der Waals surface area contributed by atoms with Crippen LogP contribution in [-0.4, -0.2) is 16.5 Å². The summed E-state index contributed by atoms with van der Waals surface area (Å²) in [6.07, 6.45) is 5.54. The molecule has 0 fully saturated rings. The fourth-order valence-electron chi connectivity index (χ4n) is 1.97. The maximum absolute atomic E-state index is 13.0. The summed E-state index contributed by atoms with van der Waals surface area (Å²) >= 11 is 3.39. The van der Waals surface area contributed by atoms with Crippen molar-refractivity contribution in [2.24, 2.45) is 0 Å². The normalized spacial score (nSPS) is 12.6. The monoisotopic (exact) mass is 325 g/mol. The van der Waals surface area contributed by atoms with E-state index < -0.39 is 0 Å². The number of rotatable bonds is 6. The van der Waals surface area contributed by atoms with Crippen molar-refractivity contribution in [2.45, 2.75) is 25.8 Å². The van der Waals surface area contributed by atoms with Crippen molar-refractivity contribution in [3.63, 3.8) is 0 Å². The summed E-state index contributed by atoms with van der Waals surface area (Å²) in [6, 6.07) is 4.98. The van der Waals surface area contributed by atoms with E-state index in [0.717, 1.165) is 35.2 Å². The third-order valence-electron chi connectivity index (χ3n) is 3.02. The molecule has 3 nitrogen and oxygen atoms in total. The molecule has 1 aromatic heterocycles. The Morgan fingerprint density at radius 2 is 2.32 bits per heavy atom. The van der Waals surface area contributed by atoms with Crippen molar-refractivity contribution < 1.29 is 4.39 Å². The van der Waals surface area contributed by atoms with Gasteiger partial charge in [0.1, 0.15) is 11.6 Å². The Morgan fingerprint density at radius 1 is 1.47 bits per heavy atom. The Labute approximate surface area is 120 Å². The van der Waals surface area contributed by atoms with E-state index in [4.69, 9.17) is 0 Å². The van der Waals surface area contributed by atoms with E-state index in [2.05, 4.69) is 38.1 Å². The molecule has 0 amide bonds. The zero-order chi connectivity index (χ0) is 13.7. The number of halogens is 2. The molecule has 102 valence electrons. The van der Waals surface area contributed by atoms with Gasteiger partial charge < -0.3 is 10.3 Å². The van der Waals surface area contributed by atoms with E-state index in [0.29, 0.717) is 0 Å². The van der Waals surface area contributed by atoms with E-state index in [9.17, 15) is 4.39 Å². The second-order valence-electron chi connectivity index (χ2n) is 4.48. The zero-order valence-electron chi connectivity index (χ0n) is 10.8. The first-order valence-electron chi connectivity index (χ1n) is 6.33. The van der Waals surface area contributed by atoms with Crippen molar-refractivity contribution >= 4 is 15.9 Å². The standard InChI is InChI=1S/C14H17BrFN3/c1-10(12-5-4-11(16)9-13(12)15)17-6-2-3-14-18-7-8-19-14/h4-5,7-10,17H,2-3,6H2,1H3,(H,18,19). The van der Waals surface area contributed by atoms with Crippen molar-refractivity contribution in [3.8, 4) is 0 Å². The van der Waals surface area contributed by atoms with E-state index >= 15 is 0 Å². The van der Waals surface area contributed by atoms with Gasteiger partial charge >= 0.3 is 0 Å². The van der Waals surface area contributed by atoms with Crippen LogP contribution in [0.3, 0.4) is 0 Å². The first kappa shape index (κ1) is 14.2. The second-order valence-corrected chi connectivity index (χ2v) is 5.34. The lowest BCUT2D eigenvalue weighted by molar-refractivity contribution is 0.551. The van der Waals surface area contributed by atoms with Crippen molar-refractivity contribution in [1.29, 1.82) is 0 Å². The number of nitrogens with zero attached hydrogens (tertiary/aromatic N) is 1. The van der Waals surface area contributed by atoms with Gasteiger partial charge in [-0.1, -0.05) is 22.0 Å². The summed E-state index contributed by atoms with van der Waals surface area (Å²) < 4.78 is 13.8. The van der Waals surface area contributed by atoms with Crippen molar-refractivity contribution in [3.05, 3.63) is 52.3 Å². The fourth-order valence-corrected chi connectivity index (χ4v) is 2.67. The number of nitrogens with one attached hydrogen (secondary N) is 2. The third kappa shape index (κ3) is 4.14. The minimum absolute atomic E-state index is 0.187. The Hall–Kier alpha value is -1.20. The maximum Gasteiger partial charge on any atom is 0.124 e. The smallest absolute Gasteiger partial charge is 0.124 e. The van der Waals surface area contributed by atoms with Crippen LogP contribution in [0.1, 0.15) is 30.8 Å². The number of hydrogen-bond acceptors (Lipinski definition) is 2. The molecule has 1 atom stereocenters. The number of H-pyrrole nitrogens is 1. The Balaban J connectivity index is 1.79. The van der Waals surface area contributed by atoms with Crippen molar-refractivity contribution in [1.82, 2.24) is 15.3 Å². The number of hydrogen-bond donors (Lipinski definition) is 2. The Kier molecular flexibility index (Phi) is 5.10. The number of aryl methyl sites for hydroxylation is 1. The molecule has 19 heavy (non-hydrogen) atoms. The van der Waals surface area contributed by atoms with Crippen molar-refractivity contribution in [2.75, 3.05) is 6.54 Å². The molecule has 0 aliphatic heterocycles. The van der Waals surface area contributed by atoms with Gasteiger partial charge in [0.15, 0.2) is 0 Å². The van der Waals surface area contributed by atoms with Gasteiger partial charge in [-0.3, -0.25) is 0 Å². The lowest BCUT2D eigenvalue weighted by Gasteiger charge is -2.15.